The van der Waals surface area contributed by atoms with Crippen LogP contribution in [0.5, 0.6) is 5.88 Å². The minimum atomic E-state index is -0.811. The van der Waals surface area contributed by atoms with E-state index in [1.54, 1.807) is 6.92 Å². The first-order valence-electron chi connectivity index (χ1n) is 7.17. The molecule has 0 saturated heterocycles. The van der Waals surface area contributed by atoms with Gasteiger partial charge in [0.2, 0.25) is 5.88 Å². The smallest absolute Gasteiger partial charge is 0.259 e. The van der Waals surface area contributed by atoms with Crippen LogP contribution in [0.1, 0.15) is 19.8 Å². The van der Waals surface area contributed by atoms with Crippen molar-refractivity contribution in [2.45, 2.75) is 25.3 Å². The Hall–Kier alpha value is -2.68. The maximum Gasteiger partial charge on any atom is 0.259 e. The second kappa shape index (κ2) is 5.60. The molecule has 1 aliphatic carbocycles. The normalized spacial score (nSPS) is 16.5. The molecule has 1 heterocycles. The third kappa shape index (κ3) is 2.84. The molecule has 1 fully saturated rings. The number of fused-ring (bicyclic) bond motifs is 1. The number of carbonyl (C=O) groups is 1. The van der Waals surface area contributed by atoms with Gasteiger partial charge in [-0.3, -0.25) is 4.79 Å². The Bertz CT molecular complexity index is 746. The van der Waals surface area contributed by atoms with Gasteiger partial charge >= 0.3 is 0 Å². The van der Waals surface area contributed by atoms with E-state index < -0.39 is 5.54 Å². The number of hydrogen-bond acceptors (Lipinski definition) is 5. The van der Waals surface area contributed by atoms with Crippen molar-refractivity contribution in [1.29, 1.82) is 5.26 Å². The number of para-hydroxylation sites is 1. The van der Waals surface area contributed by atoms with Crippen LogP contribution in [0.15, 0.2) is 30.6 Å². The summed E-state index contributed by atoms with van der Waals surface area (Å²) >= 11 is 0. The average molecular weight is 296 g/mol. The van der Waals surface area contributed by atoms with Crippen molar-refractivity contribution in [2.24, 2.45) is 5.92 Å². The van der Waals surface area contributed by atoms with Gasteiger partial charge in [-0.25, -0.2) is 9.97 Å². The van der Waals surface area contributed by atoms with E-state index in [9.17, 15) is 10.1 Å². The van der Waals surface area contributed by atoms with E-state index in [0.29, 0.717) is 5.88 Å². The molecule has 2 aromatic rings. The average Bonchev–Trinajstić information content (AvgIpc) is 3.38. The quantitative estimate of drug-likeness (QED) is 0.909. The maximum absolute atomic E-state index is 12.0. The van der Waals surface area contributed by atoms with Crippen LogP contribution in [-0.2, 0) is 4.79 Å². The number of carbonyl (C=O) groups excluding carboxylic acids is 1. The molecular weight excluding hydrogens is 280 g/mol. The summed E-state index contributed by atoms with van der Waals surface area (Å²) in [6.07, 6.45) is 3.35. The molecule has 0 spiro atoms. The van der Waals surface area contributed by atoms with Gasteiger partial charge in [-0.2, -0.15) is 5.26 Å². The van der Waals surface area contributed by atoms with Crippen LogP contribution in [0.4, 0.5) is 0 Å². The fourth-order valence-electron chi connectivity index (χ4n) is 2.44. The summed E-state index contributed by atoms with van der Waals surface area (Å²) < 4.78 is 5.50. The molecule has 1 unspecified atom stereocenters. The molecule has 1 N–H and O–H groups in total. The second-order valence-electron chi connectivity index (χ2n) is 5.62. The van der Waals surface area contributed by atoms with E-state index in [1.165, 1.54) is 6.33 Å². The molecule has 6 nitrogen and oxygen atoms in total. The van der Waals surface area contributed by atoms with Crippen molar-refractivity contribution < 1.29 is 9.53 Å². The van der Waals surface area contributed by atoms with Gasteiger partial charge in [0.1, 0.15) is 11.9 Å². The Morgan fingerprint density at radius 2 is 2.23 bits per heavy atom. The maximum atomic E-state index is 12.0. The molecule has 3 rings (SSSR count). The topological polar surface area (TPSA) is 87.9 Å². The van der Waals surface area contributed by atoms with Gasteiger partial charge in [0, 0.05) is 0 Å². The van der Waals surface area contributed by atoms with Crippen LogP contribution in [0.2, 0.25) is 0 Å². The predicted octanol–water partition coefficient (Wildman–Crippen LogP) is 1.82. The van der Waals surface area contributed by atoms with Gasteiger partial charge in [-0.15, -0.1) is 0 Å². The molecule has 0 aliphatic heterocycles. The van der Waals surface area contributed by atoms with Crippen molar-refractivity contribution in [3.8, 4) is 11.9 Å². The highest BCUT2D eigenvalue weighted by molar-refractivity contribution is 5.84. The zero-order valence-electron chi connectivity index (χ0n) is 12.2. The predicted molar refractivity (Wildman–Crippen MR) is 79.9 cm³/mol. The SMILES string of the molecule is CC(C#N)(NC(=O)COc1ncnc2ccccc12)C1CC1. The number of nitriles is 1. The number of hydrogen-bond donors (Lipinski definition) is 1. The standard InChI is InChI=1S/C16H16N4O2/c1-16(9-17,11-6-7-11)20-14(21)8-22-15-12-4-2-3-5-13(12)18-10-19-15/h2-5,10-11H,6-8H2,1H3,(H,20,21). The summed E-state index contributed by atoms with van der Waals surface area (Å²) in [6, 6.07) is 9.61. The molecule has 22 heavy (non-hydrogen) atoms. The summed E-state index contributed by atoms with van der Waals surface area (Å²) in [4.78, 5) is 20.2. The van der Waals surface area contributed by atoms with E-state index in [0.717, 1.165) is 23.7 Å². The summed E-state index contributed by atoms with van der Waals surface area (Å²) in [5.74, 6) is 0.283. The Balaban J connectivity index is 1.67. The zero-order chi connectivity index (χ0) is 15.6. The monoisotopic (exact) mass is 296 g/mol. The number of rotatable bonds is 5. The second-order valence-corrected chi connectivity index (χ2v) is 5.62. The van der Waals surface area contributed by atoms with E-state index in [1.807, 2.05) is 24.3 Å². The molecule has 1 atom stereocenters. The molecule has 1 aromatic heterocycles. The first-order chi connectivity index (χ1) is 10.6. The third-order valence-corrected chi connectivity index (χ3v) is 3.87. The lowest BCUT2D eigenvalue weighted by molar-refractivity contribution is -0.124. The third-order valence-electron chi connectivity index (χ3n) is 3.87. The minimum absolute atomic E-state index is 0.176. The van der Waals surface area contributed by atoms with Crippen LogP contribution < -0.4 is 10.1 Å². The number of ether oxygens (including phenoxy) is 1. The molecule has 0 radical (unpaired) electrons. The lowest BCUT2D eigenvalue weighted by Crippen LogP contribution is -2.48. The van der Waals surface area contributed by atoms with Gasteiger partial charge in [0.15, 0.2) is 6.61 Å². The Morgan fingerprint density at radius 1 is 1.45 bits per heavy atom. The van der Waals surface area contributed by atoms with Crippen LogP contribution in [0.3, 0.4) is 0 Å². The van der Waals surface area contributed by atoms with Crippen LogP contribution in [0, 0.1) is 17.2 Å². The number of aromatic nitrogens is 2. The van der Waals surface area contributed by atoms with Crippen molar-refractivity contribution >= 4 is 16.8 Å². The molecular formula is C16H16N4O2. The van der Waals surface area contributed by atoms with Crippen molar-refractivity contribution in [3.05, 3.63) is 30.6 Å². The van der Waals surface area contributed by atoms with Crippen LogP contribution in [-0.4, -0.2) is 28.0 Å². The van der Waals surface area contributed by atoms with E-state index in [2.05, 4.69) is 21.4 Å². The summed E-state index contributed by atoms with van der Waals surface area (Å²) in [5.41, 5.74) is -0.0541. The Morgan fingerprint density at radius 3 is 2.95 bits per heavy atom. The summed E-state index contributed by atoms with van der Waals surface area (Å²) in [7, 11) is 0. The number of nitrogens with zero attached hydrogens (tertiary/aromatic N) is 3. The fraction of sp³-hybridized carbons (Fsp3) is 0.375. The van der Waals surface area contributed by atoms with Crippen LogP contribution in [0.25, 0.3) is 10.9 Å². The van der Waals surface area contributed by atoms with Gasteiger partial charge in [-0.1, -0.05) is 12.1 Å². The highest BCUT2D eigenvalue weighted by Crippen LogP contribution is 2.39. The van der Waals surface area contributed by atoms with Crippen molar-refractivity contribution in [3.63, 3.8) is 0 Å². The first kappa shape index (κ1) is 14.3. The van der Waals surface area contributed by atoms with Crippen molar-refractivity contribution in [2.75, 3.05) is 6.61 Å². The lowest BCUT2D eigenvalue weighted by Gasteiger charge is -2.22. The fourth-order valence-corrected chi connectivity index (χ4v) is 2.44. The molecule has 1 aromatic carbocycles. The van der Waals surface area contributed by atoms with Crippen LogP contribution >= 0.6 is 0 Å². The zero-order valence-corrected chi connectivity index (χ0v) is 12.2. The number of amides is 1. The number of benzene rings is 1. The molecule has 1 aliphatic rings. The van der Waals surface area contributed by atoms with Gasteiger partial charge in [-0.05, 0) is 37.8 Å². The molecule has 1 amide bonds. The van der Waals surface area contributed by atoms with E-state index >= 15 is 0 Å². The molecule has 1 saturated carbocycles. The first-order valence-corrected chi connectivity index (χ1v) is 7.17. The lowest BCUT2D eigenvalue weighted by atomic mass is 9.98. The van der Waals surface area contributed by atoms with Gasteiger partial charge < -0.3 is 10.1 Å². The highest BCUT2D eigenvalue weighted by atomic mass is 16.5. The van der Waals surface area contributed by atoms with Crippen molar-refractivity contribution in [1.82, 2.24) is 15.3 Å². The minimum Gasteiger partial charge on any atom is -0.467 e. The van der Waals surface area contributed by atoms with E-state index in [4.69, 9.17) is 4.74 Å². The number of nitrogens with one attached hydrogen (secondary N) is 1. The largest absolute Gasteiger partial charge is 0.467 e. The molecule has 0 bridgehead atoms. The van der Waals surface area contributed by atoms with Gasteiger partial charge in [0.25, 0.3) is 5.91 Å². The molecule has 112 valence electrons. The van der Waals surface area contributed by atoms with E-state index in [-0.39, 0.29) is 18.4 Å². The highest BCUT2D eigenvalue weighted by Gasteiger charge is 2.43. The Labute approximate surface area is 128 Å². The van der Waals surface area contributed by atoms with Gasteiger partial charge in [0.05, 0.1) is 17.0 Å². The summed E-state index contributed by atoms with van der Waals surface area (Å²) in [5, 5.41) is 12.8. The molecule has 6 heteroatoms. The Kier molecular flexibility index (Phi) is 3.63. The summed E-state index contributed by atoms with van der Waals surface area (Å²) in [6.45, 7) is 1.58.